The third kappa shape index (κ3) is 3.98. The average molecular weight is 537 g/mol. The number of amides is 1. The van der Waals surface area contributed by atoms with Gasteiger partial charge < -0.3 is 20.6 Å². The number of methoxy groups -OCH3 is 1. The van der Waals surface area contributed by atoms with E-state index < -0.39 is 11.5 Å². The number of H-pyrrole nitrogens is 1. The highest BCUT2D eigenvalue weighted by Crippen LogP contribution is 2.42. The Morgan fingerprint density at radius 2 is 1.93 bits per heavy atom. The molecule has 1 unspecified atom stereocenters. The number of carbonyl (C=O) groups excluding carboxylic acids is 1. The van der Waals surface area contributed by atoms with E-state index in [1.54, 1.807) is 42.3 Å². The van der Waals surface area contributed by atoms with Crippen molar-refractivity contribution in [1.29, 1.82) is 0 Å². The predicted octanol–water partition coefficient (Wildman–Crippen LogP) is 4.83. The van der Waals surface area contributed by atoms with Crippen LogP contribution in [0.25, 0.3) is 38.6 Å². The minimum atomic E-state index is -0.805. The first-order valence-electron chi connectivity index (χ1n) is 13.4. The number of hydrogen-bond donors (Lipinski definition) is 3. The van der Waals surface area contributed by atoms with Crippen molar-refractivity contribution in [3.63, 3.8) is 0 Å². The lowest BCUT2D eigenvalue weighted by molar-refractivity contribution is 0.0107. The first-order chi connectivity index (χ1) is 19.1. The van der Waals surface area contributed by atoms with Gasteiger partial charge in [-0.1, -0.05) is 24.3 Å². The van der Waals surface area contributed by atoms with Crippen LogP contribution < -0.4 is 16.0 Å². The van der Waals surface area contributed by atoms with E-state index >= 15 is 0 Å². The molecule has 6 rings (SSSR count). The summed E-state index contributed by atoms with van der Waals surface area (Å²) in [4.78, 5) is 34.0. The van der Waals surface area contributed by atoms with Crippen LogP contribution in [0.5, 0.6) is 5.75 Å². The van der Waals surface area contributed by atoms with Crippen LogP contribution in [0.1, 0.15) is 47.4 Å². The fourth-order valence-electron chi connectivity index (χ4n) is 6.21. The third-order valence-corrected chi connectivity index (χ3v) is 8.43. The number of aryl methyl sites for hydroxylation is 1. The van der Waals surface area contributed by atoms with Crippen molar-refractivity contribution in [2.45, 2.75) is 45.6 Å². The Morgan fingerprint density at radius 3 is 2.65 bits per heavy atom. The first kappa shape index (κ1) is 25.8. The Bertz CT molecular complexity index is 1880. The summed E-state index contributed by atoms with van der Waals surface area (Å²) in [6, 6.07) is 14.9. The third-order valence-electron chi connectivity index (χ3n) is 8.43. The number of aromatic amines is 1. The van der Waals surface area contributed by atoms with E-state index in [-0.39, 0.29) is 11.5 Å². The number of nitrogens with zero attached hydrogens (tertiary/aromatic N) is 2. The summed E-state index contributed by atoms with van der Waals surface area (Å²) in [5.74, 6) is 0.154. The van der Waals surface area contributed by atoms with E-state index in [0.29, 0.717) is 34.2 Å². The van der Waals surface area contributed by atoms with E-state index in [9.17, 15) is 14.7 Å². The van der Waals surface area contributed by atoms with Crippen LogP contribution in [-0.2, 0) is 12.8 Å². The Morgan fingerprint density at radius 1 is 1.15 bits per heavy atom. The van der Waals surface area contributed by atoms with Gasteiger partial charge in [-0.15, -0.1) is 0 Å². The number of fused-ring (bicyclic) bond motifs is 4. The van der Waals surface area contributed by atoms with Crippen molar-refractivity contribution in [2.75, 3.05) is 7.11 Å². The summed E-state index contributed by atoms with van der Waals surface area (Å²) in [5, 5.41) is 12.1. The van der Waals surface area contributed by atoms with Gasteiger partial charge in [0.1, 0.15) is 17.6 Å². The van der Waals surface area contributed by atoms with Crippen LogP contribution in [0.4, 0.5) is 0 Å². The second kappa shape index (κ2) is 9.34. The highest BCUT2D eigenvalue weighted by molar-refractivity contribution is 6.11. The fourth-order valence-corrected chi connectivity index (χ4v) is 6.21. The van der Waals surface area contributed by atoms with Gasteiger partial charge in [0.15, 0.2) is 0 Å². The molecule has 1 aliphatic rings. The number of benzene rings is 3. The lowest BCUT2D eigenvalue weighted by atomic mass is 9.77. The first-order valence-corrected chi connectivity index (χ1v) is 13.4. The number of nitrogens with one attached hydrogen (secondary N) is 1. The zero-order valence-electron chi connectivity index (χ0n) is 23.0. The summed E-state index contributed by atoms with van der Waals surface area (Å²) in [6.07, 6.45) is 3.84. The molecule has 1 atom stereocenters. The molecular formula is C32H32N4O4. The molecule has 0 radical (unpaired) electrons. The molecule has 0 bridgehead atoms. The van der Waals surface area contributed by atoms with Gasteiger partial charge >= 0.3 is 0 Å². The monoisotopic (exact) mass is 536 g/mol. The van der Waals surface area contributed by atoms with Crippen LogP contribution >= 0.6 is 0 Å². The number of rotatable bonds is 5. The largest absolute Gasteiger partial charge is 0.494 e. The molecule has 0 fully saturated rings. The van der Waals surface area contributed by atoms with Crippen molar-refractivity contribution in [2.24, 2.45) is 11.7 Å². The standard InChI is InChI=1S/C32H32N4O4/c1-17-19(7-5-9-25(17)36-16-34-28-23(31(36)38)8-6-10-26(28)40-4)20-13-14-22(30(33)37)29-27(20)21-12-11-18(32(2,3)39)15-24(21)35-29/h5-10,13-14,16,18,35,39H,11-12,15H2,1-4H3,(H2,33,37). The lowest BCUT2D eigenvalue weighted by Crippen LogP contribution is -2.34. The van der Waals surface area contributed by atoms with E-state index in [2.05, 4.69) is 9.97 Å². The van der Waals surface area contributed by atoms with Crippen molar-refractivity contribution >= 4 is 27.7 Å². The van der Waals surface area contributed by atoms with Gasteiger partial charge in [-0.05, 0) is 92.5 Å². The number of hydrogen-bond acceptors (Lipinski definition) is 5. The van der Waals surface area contributed by atoms with Crippen LogP contribution in [0.3, 0.4) is 0 Å². The SMILES string of the molecule is COc1cccc2c(=O)n(-c3cccc(-c4ccc(C(N)=O)c5[nH]c6c(c45)CCC(C(C)(C)O)C6)c3C)cnc12. The fraction of sp³-hybridized carbons (Fsp3) is 0.281. The summed E-state index contributed by atoms with van der Waals surface area (Å²) in [5.41, 5.74) is 12.2. The van der Waals surface area contributed by atoms with Gasteiger partial charge in [0.05, 0.1) is 34.9 Å². The van der Waals surface area contributed by atoms with Gasteiger partial charge in [-0.3, -0.25) is 14.2 Å². The molecule has 0 saturated heterocycles. The van der Waals surface area contributed by atoms with Crippen molar-refractivity contribution in [3.05, 3.63) is 87.6 Å². The van der Waals surface area contributed by atoms with Crippen molar-refractivity contribution < 1.29 is 14.6 Å². The molecular weight excluding hydrogens is 504 g/mol. The van der Waals surface area contributed by atoms with Crippen LogP contribution in [0, 0.1) is 12.8 Å². The number of ether oxygens (including phenoxy) is 1. The van der Waals surface area contributed by atoms with Gasteiger partial charge in [-0.25, -0.2) is 4.98 Å². The van der Waals surface area contributed by atoms with Crippen LogP contribution in [0.2, 0.25) is 0 Å². The van der Waals surface area contributed by atoms with Crippen LogP contribution in [0.15, 0.2) is 59.7 Å². The smallest absolute Gasteiger partial charge is 0.265 e. The van der Waals surface area contributed by atoms with E-state index in [0.717, 1.165) is 51.9 Å². The maximum atomic E-state index is 13.6. The highest BCUT2D eigenvalue weighted by atomic mass is 16.5. The minimum Gasteiger partial charge on any atom is -0.494 e. The Hall–Kier alpha value is -4.43. The van der Waals surface area contributed by atoms with E-state index in [1.807, 2.05) is 45.0 Å². The molecule has 0 spiro atoms. The number of aromatic nitrogens is 3. The number of primary amides is 1. The molecule has 3 aromatic carbocycles. The molecule has 4 N–H and O–H groups in total. The zero-order chi connectivity index (χ0) is 28.3. The zero-order valence-corrected chi connectivity index (χ0v) is 23.0. The van der Waals surface area contributed by atoms with Crippen molar-refractivity contribution in [3.8, 4) is 22.6 Å². The average Bonchev–Trinajstić information content (AvgIpc) is 3.31. The molecule has 2 heterocycles. The summed E-state index contributed by atoms with van der Waals surface area (Å²) in [7, 11) is 1.56. The maximum Gasteiger partial charge on any atom is 0.265 e. The molecule has 1 amide bonds. The molecule has 2 aromatic heterocycles. The quantitative estimate of drug-likeness (QED) is 0.297. The second-order valence-corrected chi connectivity index (χ2v) is 11.2. The summed E-state index contributed by atoms with van der Waals surface area (Å²) in [6.45, 7) is 5.68. The molecule has 40 heavy (non-hydrogen) atoms. The highest BCUT2D eigenvalue weighted by Gasteiger charge is 2.33. The molecule has 0 saturated carbocycles. The molecule has 5 aromatic rings. The van der Waals surface area contributed by atoms with E-state index in [1.165, 1.54) is 0 Å². The number of carbonyl (C=O) groups is 1. The lowest BCUT2D eigenvalue weighted by Gasteiger charge is -2.32. The van der Waals surface area contributed by atoms with E-state index in [4.69, 9.17) is 10.5 Å². The predicted molar refractivity (Wildman–Crippen MR) is 156 cm³/mol. The summed E-state index contributed by atoms with van der Waals surface area (Å²) >= 11 is 0. The van der Waals surface area contributed by atoms with Gasteiger partial charge in [0.2, 0.25) is 0 Å². The molecule has 0 aliphatic heterocycles. The molecule has 204 valence electrons. The minimum absolute atomic E-state index is 0.101. The number of nitrogens with two attached hydrogens (primary N) is 1. The molecule has 1 aliphatic carbocycles. The molecule has 8 nitrogen and oxygen atoms in total. The van der Waals surface area contributed by atoms with Crippen LogP contribution in [-0.4, -0.2) is 38.3 Å². The van der Waals surface area contributed by atoms with Gasteiger partial charge in [0.25, 0.3) is 11.5 Å². The van der Waals surface area contributed by atoms with Gasteiger partial charge in [-0.2, -0.15) is 0 Å². The van der Waals surface area contributed by atoms with Gasteiger partial charge in [0, 0.05) is 11.1 Å². The molecule has 8 heteroatoms. The normalized spacial score (nSPS) is 15.4. The van der Waals surface area contributed by atoms with Crippen molar-refractivity contribution in [1.82, 2.24) is 14.5 Å². The number of aliphatic hydroxyl groups is 1. The Labute approximate surface area is 231 Å². The topological polar surface area (TPSA) is 123 Å². The summed E-state index contributed by atoms with van der Waals surface area (Å²) < 4.78 is 6.96. The second-order valence-electron chi connectivity index (χ2n) is 11.2. The maximum absolute atomic E-state index is 13.6. The Kier molecular flexibility index (Phi) is 6.03. The number of para-hydroxylation sites is 1. The Balaban J connectivity index is 1.56.